The maximum atomic E-state index is 5.75. The van der Waals surface area contributed by atoms with Crippen molar-refractivity contribution in [3.05, 3.63) is 48.5 Å². The third-order valence-corrected chi connectivity index (χ3v) is 8.23. The first kappa shape index (κ1) is 12.4. The molecule has 1 aliphatic heterocycles. The Balaban J connectivity index is 2.16. The summed E-state index contributed by atoms with van der Waals surface area (Å²) in [5.41, 5.74) is 13.0. The van der Waals surface area contributed by atoms with Crippen molar-refractivity contribution in [1.29, 1.82) is 0 Å². The molecule has 0 saturated carbocycles. The zero-order chi connectivity index (χ0) is 13.5. The van der Waals surface area contributed by atoms with E-state index >= 15 is 0 Å². The van der Waals surface area contributed by atoms with Gasteiger partial charge in [-0.3, -0.25) is 0 Å². The summed E-state index contributed by atoms with van der Waals surface area (Å²) in [6.45, 7) is 2.08. The molecule has 4 N–H and O–H groups in total. The van der Waals surface area contributed by atoms with Crippen LogP contribution in [0.2, 0.25) is 0 Å². The van der Waals surface area contributed by atoms with E-state index in [0.29, 0.717) is 0 Å². The van der Waals surface area contributed by atoms with Crippen molar-refractivity contribution in [1.82, 2.24) is 0 Å². The van der Waals surface area contributed by atoms with Crippen LogP contribution in [-0.2, 0) is 9.35 Å². The summed E-state index contributed by atoms with van der Waals surface area (Å²) >= 11 is 0. The quantitative estimate of drug-likeness (QED) is 0.390. The van der Waals surface area contributed by atoms with Gasteiger partial charge in [0.2, 0.25) is 0 Å². The first-order valence-electron chi connectivity index (χ1n) is 6.22. The molecule has 0 amide bonds. The number of benzene rings is 2. The molecular formula is C14H17N2O2P. The Morgan fingerprint density at radius 3 is 1.42 bits per heavy atom. The Morgan fingerprint density at radius 2 is 1.16 bits per heavy atom. The van der Waals surface area contributed by atoms with Crippen LogP contribution in [0, 0.1) is 0 Å². The Bertz CT molecular complexity index is 557. The van der Waals surface area contributed by atoms with E-state index in [2.05, 4.69) is 6.92 Å². The van der Waals surface area contributed by atoms with E-state index in [1.54, 1.807) is 0 Å². The van der Waals surface area contributed by atoms with E-state index in [4.69, 9.17) is 20.8 Å². The number of nitrogen functional groups attached to an aromatic ring is 2. The van der Waals surface area contributed by atoms with E-state index in [9.17, 15) is 0 Å². The van der Waals surface area contributed by atoms with Gasteiger partial charge in [0.05, 0.1) is 0 Å². The number of hydrogen-bond donors (Lipinski definition) is 2. The van der Waals surface area contributed by atoms with Crippen LogP contribution in [0.5, 0.6) is 0 Å². The number of rotatable bonds is 3. The van der Waals surface area contributed by atoms with Gasteiger partial charge in [-0.25, -0.2) is 0 Å². The molecule has 1 heterocycles. The summed E-state index contributed by atoms with van der Waals surface area (Å²) in [4.78, 5) is 0. The molecule has 0 aliphatic carbocycles. The molecule has 0 unspecified atom stereocenters. The van der Waals surface area contributed by atoms with Gasteiger partial charge in [-0.05, 0) is 0 Å². The Labute approximate surface area is 112 Å². The van der Waals surface area contributed by atoms with Crippen LogP contribution in [0.1, 0.15) is 6.92 Å². The minimum atomic E-state index is -2.87. The molecule has 1 fully saturated rings. The Morgan fingerprint density at radius 1 is 0.789 bits per heavy atom. The molecule has 19 heavy (non-hydrogen) atoms. The van der Waals surface area contributed by atoms with Crippen molar-refractivity contribution in [2.24, 2.45) is 0 Å². The van der Waals surface area contributed by atoms with Crippen molar-refractivity contribution in [2.45, 2.75) is 6.92 Å². The van der Waals surface area contributed by atoms with Gasteiger partial charge in [0.25, 0.3) is 0 Å². The zero-order valence-electron chi connectivity index (χ0n) is 10.7. The van der Waals surface area contributed by atoms with Gasteiger partial charge in [-0.2, -0.15) is 0 Å². The van der Waals surface area contributed by atoms with E-state index in [1.807, 2.05) is 48.5 Å². The van der Waals surface area contributed by atoms with Crippen LogP contribution < -0.4 is 22.1 Å². The minimum absolute atomic E-state index is 0.732. The standard InChI is InChI=1S/C14H17N2O2P/c1-2-19(17-18-19,13-7-3-11(15)4-8-13)14-9-5-12(16)6-10-14/h3-10H,2,15-16H2,1H3. The van der Waals surface area contributed by atoms with Gasteiger partial charge in [0.15, 0.2) is 0 Å². The van der Waals surface area contributed by atoms with Crippen molar-refractivity contribution < 1.29 is 9.35 Å². The summed E-state index contributed by atoms with van der Waals surface area (Å²) < 4.78 is 11.3. The molecule has 4 nitrogen and oxygen atoms in total. The molecule has 100 valence electrons. The monoisotopic (exact) mass is 276 g/mol. The third-order valence-electron chi connectivity index (χ3n) is 3.73. The van der Waals surface area contributed by atoms with Gasteiger partial charge in [0, 0.05) is 0 Å². The van der Waals surface area contributed by atoms with Gasteiger partial charge in [0.1, 0.15) is 0 Å². The van der Waals surface area contributed by atoms with Gasteiger partial charge < -0.3 is 0 Å². The average molecular weight is 276 g/mol. The predicted octanol–water partition coefficient (Wildman–Crippen LogP) is 2.17. The van der Waals surface area contributed by atoms with Gasteiger partial charge >= 0.3 is 111 Å². The molecule has 2 aromatic rings. The second-order valence-electron chi connectivity index (χ2n) is 4.77. The van der Waals surface area contributed by atoms with Crippen molar-refractivity contribution >= 4 is 29.0 Å². The molecule has 3 rings (SSSR count). The van der Waals surface area contributed by atoms with E-state index < -0.39 is 7.06 Å². The molecule has 1 saturated heterocycles. The Kier molecular flexibility index (Phi) is 2.58. The maximum absolute atomic E-state index is 5.75. The second kappa shape index (κ2) is 3.94. The first-order valence-corrected chi connectivity index (χ1v) is 8.48. The number of nitrogens with two attached hydrogens (primary N) is 2. The summed E-state index contributed by atoms with van der Waals surface area (Å²) in [6.07, 6.45) is 0.791. The van der Waals surface area contributed by atoms with Crippen LogP contribution in [0.15, 0.2) is 48.5 Å². The molecule has 0 spiro atoms. The fourth-order valence-corrected chi connectivity index (χ4v) is 5.94. The van der Waals surface area contributed by atoms with E-state index in [1.165, 1.54) is 0 Å². The van der Waals surface area contributed by atoms with Crippen molar-refractivity contribution in [2.75, 3.05) is 17.6 Å². The van der Waals surface area contributed by atoms with E-state index in [0.717, 1.165) is 28.1 Å². The normalized spacial score (nSPS) is 21.2. The Hall–Kier alpha value is -1.61. The molecule has 0 bridgehead atoms. The number of anilines is 2. The summed E-state index contributed by atoms with van der Waals surface area (Å²) in [5, 5.41) is 2.12. The molecular weight excluding hydrogens is 259 g/mol. The SMILES string of the molecule is CCP1(c2ccc(N)cc2)(c2ccc(N)cc2)OO1. The second-order valence-corrected chi connectivity index (χ2v) is 8.99. The van der Waals surface area contributed by atoms with Crippen LogP contribution in [0.3, 0.4) is 0 Å². The third kappa shape index (κ3) is 1.65. The molecule has 5 heteroatoms. The molecule has 0 aromatic heterocycles. The van der Waals surface area contributed by atoms with Crippen LogP contribution in [0.25, 0.3) is 0 Å². The summed E-state index contributed by atoms with van der Waals surface area (Å²) in [6, 6.07) is 15.5. The number of hydrogen-bond acceptors (Lipinski definition) is 4. The fraction of sp³-hybridized carbons (Fsp3) is 0.143. The summed E-state index contributed by atoms with van der Waals surface area (Å²) in [7, 11) is -2.87. The molecule has 0 radical (unpaired) electrons. The average Bonchev–Trinajstić information content (AvgIpc) is 3.19. The van der Waals surface area contributed by atoms with Crippen molar-refractivity contribution in [3.63, 3.8) is 0 Å². The molecule has 1 aliphatic rings. The van der Waals surface area contributed by atoms with Crippen LogP contribution in [0.4, 0.5) is 11.4 Å². The molecule has 2 aromatic carbocycles. The zero-order valence-corrected chi connectivity index (χ0v) is 11.6. The first-order chi connectivity index (χ1) is 9.09. The summed E-state index contributed by atoms with van der Waals surface area (Å²) in [5.74, 6) is 0. The molecule has 0 atom stereocenters. The van der Waals surface area contributed by atoms with Gasteiger partial charge in [-0.1, -0.05) is 0 Å². The predicted molar refractivity (Wildman–Crippen MR) is 80.6 cm³/mol. The van der Waals surface area contributed by atoms with Crippen molar-refractivity contribution in [3.8, 4) is 0 Å². The fourth-order valence-electron chi connectivity index (χ4n) is 2.40. The van der Waals surface area contributed by atoms with E-state index in [-0.39, 0.29) is 0 Å². The topological polar surface area (TPSA) is 77.1 Å². The van der Waals surface area contributed by atoms with Crippen LogP contribution in [-0.4, -0.2) is 6.16 Å². The van der Waals surface area contributed by atoms with Crippen LogP contribution >= 0.6 is 7.06 Å². The van der Waals surface area contributed by atoms with Gasteiger partial charge in [-0.15, -0.1) is 0 Å².